The first-order valence-corrected chi connectivity index (χ1v) is 11.5. The van der Waals surface area contributed by atoms with Gasteiger partial charge in [0.25, 0.3) is 5.91 Å². The van der Waals surface area contributed by atoms with E-state index in [2.05, 4.69) is 14.7 Å². The van der Waals surface area contributed by atoms with E-state index in [4.69, 9.17) is 15.2 Å². The molecule has 2 saturated heterocycles. The summed E-state index contributed by atoms with van der Waals surface area (Å²) in [5.41, 5.74) is 6.58. The van der Waals surface area contributed by atoms with E-state index in [1.165, 1.54) is 6.07 Å². The van der Waals surface area contributed by atoms with Crippen LogP contribution in [-0.4, -0.2) is 64.1 Å². The minimum absolute atomic E-state index is 0.0564. The number of fused-ring (bicyclic) bond motifs is 1. The molecule has 3 N–H and O–H groups in total. The Bertz CT molecular complexity index is 1320. The Morgan fingerprint density at radius 1 is 1.17 bits per heavy atom. The van der Waals surface area contributed by atoms with Crippen molar-refractivity contribution in [1.82, 2.24) is 19.4 Å². The van der Waals surface area contributed by atoms with Crippen LogP contribution in [0.5, 0.6) is 11.5 Å². The maximum Gasteiger partial charge on any atom is 0.573 e. The van der Waals surface area contributed by atoms with Crippen molar-refractivity contribution < 1.29 is 32.2 Å². The molecule has 0 saturated carbocycles. The average Bonchev–Trinajstić information content (AvgIpc) is 3.44. The number of amides is 1. The summed E-state index contributed by atoms with van der Waals surface area (Å²) < 4.78 is 54.1. The van der Waals surface area contributed by atoms with Gasteiger partial charge in [0, 0.05) is 43.4 Å². The molecule has 192 valence electrons. The monoisotopic (exact) mass is 507 g/mol. The number of halogens is 3. The molecule has 1 atom stereocenters. The fourth-order valence-electron chi connectivity index (χ4n) is 4.64. The van der Waals surface area contributed by atoms with Gasteiger partial charge in [0.15, 0.2) is 5.65 Å². The number of hydrogen-bond donors (Lipinski definition) is 2. The molecule has 1 aromatic carbocycles. The van der Waals surface area contributed by atoms with Gasteiger partial charge in [0.05, 0.1) is 30.5 Å². The summed E-state index contributed by atoms with van der Waals surface area (Å²) in [6, 6.07) is 4.85. The second kappa shape index (κ2) is 9.37. The number of hydrogen-bond acceptors (Lipinski definition) is 7. The number of rotatable bonds is 5. The second-order valence-electron chi connectivity index (χ2n) is 8.76. The molecule has 2 fully saturated rings. The van der Waals surface area contributed by atoms with Gasteiger partial charge >= 0.3 is 12.1 Å². The van der Waals surface area contributed by atoms with Gasteiger partial charge in [-0.1, -0.05) is 0 Å². The number of nitrogens with two attached hydrogens (primary N) is 1. The summed E-state index contributed by atoms with van der Waals surface area (Å²) in [6.07, 6.45) is -1.57. The van der Waals surface area contributed by atoms with E-state index in [0.717, 1.165) is 18.6 Å². The molecule has 3 aromatic rings. The Morgan fingerprint density at radius 2 is 1.94 bits per heavy atom. The number of benzene rings is 1. The predicted octanol–water partition coefficient (Wildman–Crippen LogP) is 2.85. The molecule has 0 bridgehead atoms. The van der Waals surface area contributed by atoms with Crippen LogP contribution in [0.2, 0.25) is 0 Å². The number of anilines is 1. The highest BCUT2D eigenvalue weighted by Crippen LogP contribution is 2.30. The number of likely N-dealkylation sites (tertiary alicyclic amines) is 1. The van der Waals surface area contributed by atoms with Crippen LogP contribution in [-0.2, 0) is 4.74 Å². The average molecular weight is 507 g/mol. The molecule has 2 aromatic heterocycles. The molecule has 5 rings (SSSR count). The topological polar surface area (TPSA) is 125 Å². The van der Waals surface area contributed by atoms with Crippen molar-refractivity contribution in [2.45, 2.75) is 37.8 Å². The molecule has 0 aliphatic carbocycles. The lowest BCUT2D eigenvalue weighted by atomic mass is 10.0. The molecule has 10 nitrogen and oxygen atoms in total. The summed E-state index contributed by atoms with van der Waals surface area (Å²) in [5, 5.41) is 0. The second-order valence-corrected chi connectivity index (χ2v) is 8.76. The number of carbonyl (C=O) groups excluding carboxylic acids is 1. The van der Waals surface area contributed by atoms with Gasteiger partial charge in [0.2, 0.25) is 0 Å². The van der Waals surface area contributed by atoms with Gasteiger partial charge in [-0.3, -0.25) is 14.3 Å². The quantitative estimate of drug-likeness (QED) is 0.509. The Balaban J connectivity index is 1.28. The lowest BCUT2D eigenvalue weighted by molar-refractivity contribution is -0.274. The summed E-state index contributed by atoms with van der Waals surface area (Å²) in [5.74, 6) is -0.343. The van der Waals surface area contributed by atoms with Crippen molar-refractivity contribution in [1.29, 1.82) is 0 Å². The van der Waals surface area contributed by atoms with Crippen LogP contribution in [0.1, 0.15) is 35.7 Å². The van der Waals surface area contributed by atoms with Crippen LogP contribution in [0, 0.1) is 0 Å². The number of carbonyl (C=O) groups is 1. The number of nitrogen functional groups attached to an aromatic ring is 1. The summed E-state index contributed by atoms with van der Waals surface area (Å²) in [4.78, 5) is 34.3. The summed E-state index contributed by atoms with van der Waals surface area (Å²) in [6.45, 7) is 1.83. The highest BCUT2D eigenvalue weighted by Gasteiger charge is 2.32. The first-order valence-electron chi connectivity index (χ1n) is 11.5. The van der Waals surface area contributed by atoms with Gasteiger partial charge in [0.1, 0.15) is 17.6 Å². The maximum absolute atomic E-state index is 13.0. The third-order valence-corrected chi connectivity index (χ3v) is 6.34. The highest BCUT2D eigenvalue weighted by atomic mass is 19.4. The molecule has 36 heavy (non-hydrogen) atoms. The number of nitrogens with one attached hydrogen (secondary N) is 1. The van der Waals surface area contributed by atoms with E-state index in [1.54, 1.807) is 21.7 Å². The molecule has 4 heterocycles. The smallest absolute Gasteiger partial charge is 0.486 e. The molecule has 1 amide bonds. The fraction of sp³-hybridized carbons (Fsp3) is 0.435. The van der Waals surface area contributed by atoms with E-state index < -0.39 is 18.0 Å². The number of nitrogens with zero attached hydrogens (tertiary/aromatic N) is 3. The zero-order valence-electron chi connectivity index (χ0n) is 19.1. The molecule has 0 unspecified atom stereocenters. The van der Waals surface area contributed by atoms with Crippen LogP contribution in [0.4, 0.5) is 18.9 Å². The van der Waals surface area contributed by atoms with Gasteiger partial charge in [-0.15, -0.1) is 13.2 Å². The molecular weight excluding hydrogens is 483 g/mol. The normalized spacial score (nSPS) is 19.1. The Labute approximate surface area is 202 Å². The van der Waals surface area contributed by atoms with Crippen molar-refractivity contribution in [3.8, 4) is 11.5 Å². The van der Waals surface area contributed by atoms with Crippen LogP contribution >= 0.6 is 0 Å². The van der Waals surface area contributed by atoms with E-state index in [-0.39, 0.29) is 29.1 Å². The highest BCUT2D eigenvalue weighted by molar-refractivity contribution is 5.99. The van der Waals surface area contributed by atoms with Crippen molar-refractivity contribution in [3.05, 3.63) is 46.5 Å². The number of aromatic amines is 1. The third kappa shape index (κ3) is 4.96. The van der Waals surface area contributed by atoms with E-state index in [9.17, 15) is 22.8 Å². The zero-order chi connectivity index (χ0) is 25.4. The Morgan fingerprint density at radius 3 is 2.61 bits per heavy atom. The standard InChI is InChI=1S/C23H24F3N5O5/c24-23(25,26)36-14-1-2-17(18(27)9-14)21(32)30-6-3-13(4-7-30)31-19-10-16(35-15-5-8-34-12-15)11-28-20(19)29-22(31)33/h1-2,9-11,13,15H,3-8,12,27H2,(H,28,29,33)/t15-/m1/s1. The SMILES string of the molecule is Nc1cc(OC(F)(F)F)ccc1C(=O)N1CCC(n2c(=O)[nH]c3ncc(O[C@@H]4CCOC4)cc32)CC1. The van der Waals surface area contributed by atoms with Crippen molar-refractivity contribution in [2.24, 2.45) is 0 Å². The lowest BCUT2D eigenvalue weighted by Crippen LogP contribution is -2.40. The number of H-pyrrole nitrogens is 1. The van der Waals surface area contributed by atoms with Gasteiger partial charge in [-0.25, -0.2) is 9.78 Å². The zero-order valence-corrected chi connectivity index (χ0v) is 19.1. The van der Waals surface area contributed by atoms with Crippen LogP contribution < -0.4 is 20.9 Å². The van der Waals surface area contributed by atoms with Crippen molar-refractivity contribution in [3.63, 3.8) is 0 Å². The number of ether oxygens (including phenoxy) is 3. The maximum atomic E-state index is 13.0. The molecule has 0 spiro atoms. The van der Waals surface area contributed by atoms with Gasteiger partial charge in [-0.05, 0) is 25.0 Å². The number of alkyl halides is 3. The minimum atomic E-state index is -4.85. The molecule has 2 aliphatic rings. The molecular formula is C23H24F3N5O5. The van der Waals surface area contributed by atoms with Crippen LogP contribution in [0.15, 0.2) is 35.3 Å². The van der Waals surface area contributed by atoms with Crippen molar-refractivity contribution >= 4 is 22.8 Å². The van der Waals surface area contributed by atoms with Crippen LogP contribution in [0.25, 0.3) is 11.2 Å². The molecule has 0 radical (unpaired) electrons. The third-order valence-electron chi connectivity index (χ3n) is 6.34. The largest absolute Gasteiger partial charge is 0.573 e. The van der Waals surface area contributed by atoms with Crippen LogP contribution in [0.3, 0.4) is 0 Å². The fourth-order valence-corrected chi connectivity index (χ4v) is 4.64. The van der Waals surface area contributed by atoms with E-state index >= 15 is 0 Å². The summed E-state index contributed by atoms with van der Waals surface area (Å²) >= 11 is 0. The van der Waals surface area contributed by atoms with Gasteiger partial charge < -0.3 is 24.8 Å². The first-order chi connectivity index (χ1) is 17.2. The van der Waals surface area contributed by atoms with E-state index in [0.29, 0.717) is 56.1 Å². The molecule has 2 aliphatic heterocycles. The Kier molecular flexibility index (Phi) is 6.24. The number of imidazole rings is 1. The van der Waals surface area contributed by atoms with Gasteiger partial charge in [-0.2, -0.15) is 0 Å². The first kappa shape index (κ1) is 24.0. The number of piperidine rings is 1. The molecule has 13 heteroatoms. The Hall–Kier alpha value is -3.74. The number of pyridine rings is 1. The number of aromatic nitrogens is 3. The summed E-state index contributed by atoms with van der Waals surface area (Å²) in [7, 11) is 0. The lowest BCUT2D eigenvalue weighted by Gasteiger charge is -2.32. The predicted molar refractivity (Wildman–Crippen MR) is 122 cm³/mol. The van der Waals surface area contributed by atoms with Crippen molar-refractivity contribution in [2.75, 3.05) is 32.0 Å². The van der Waals surface area contributed by atoms with E-state index in [1.807, 2.05) is 0 Å². The minimum Gasteiger partial charge on any atom is -0.486 e.